The maximum absolute atomic E-state index is 12.1. The van der Waals surface area contributed by atoms with E-state index in [-0.39, 0.29) is 12.4 Å². The number of carbonyl (C=O) groups excluding carboxylic acids is 3. The second kappa shape index (κ2) is 7.26. The second-order valence-corrected chi connectivity index (χ2v) is 5.97. The molecule has 0 aromatic heterocycles. The molecule has 1 aromatic carbocycles. The van der Waals surface area contributed by atoms with Gasteiger partial charge in [-0.05, 0) is 19.4 Å². The first-order valence-corrected chi connectivity index (χ1v) is 7.59. The SMILES string of the molecule is CC(C)(OC(=O)N1CCC(=O)CC1)C(=O)OCc1ccccc1. The zero-order valence-corrected chi connectivity index (χ0v) is 13.4. The van der Waals surface area contributed by atoms with Crippen LogP contribution in [0, 0.1) is 0 Å². The van der Waals surface area contributed by atoms with E-state index < -0.39 is 17.7 Å². The molecule has 1 saturated heterocycles. The molecule has 1 heterocycles. The topological polar surface area (TPSA) is 72.9 Å². The van der Waals surface area contributed by atoms with Crippen LogP contribution in [-0.4, -0.2) is 41.4 Å². The number of piperidine rings is 1. The molecule has 1 aliphatic rings. The Kier molecular flexibility index (Phi) is 5.36. The highest BCUT2D eigenvalue weighted by Gasteiger charge is 2.36. The Morgan fingerprint density at radius 1 is 1.13 bits per heavy atom. The van der Waals surface area contributed by atoms with Crippen LogP contribution in [0.25, 0.3) is 0 Å². The number of ether oxygens (including phenoxy) is 2. The molecule has 0 saturated carbocycles. The largest absolute Gasteiger partial charge is 0.458 e. The van der Waals surface area contributed by atoms with Gasteiger partial charge in [-0.1, -0.05) is 30.3 Å². The fourth-order valence-electron chi connectivity index (χ4n) is 2.16. The van der Waals surface area contributed by atoms with Gasteiger partial charge in [-0.15, -0.1) is 0 Å². The van der Waals surface area contributed by atoms with Crippen LogP contribution < -0.4 is 0 Å². The van der Waals surface area contributed by atoms with Gasteiger partial charge in [-0.3, -0.25) is 4.79 Å². The highest BCUT2D eigenvalue weighted by Crippen LogP contribution is 2.17. The van der Waals surface area contributed by atoms with Gasteiger partial charge in [-0.2, -0.15) is 0 Å². The Morgan fingerprint density at radius 3 is 2.35 bits per heavy atom. The van der Waals surface area contributed by atoms with Crippen molar-refractivity contribution < 1.29 is 23.9 Å². The highest BCUT2D eigenvalue weighted by atomic mass is 16.6. The zero-order chi connectivity index (χ0) is 16.9. The smallest absolute Gasteiger partial charge is 0.410 e. The predicted molar refractivity (Wildman–Crippen MR) is 82.6 cm³/mol. The lowest BCUT2D eigenvalue weighted by atomic mass is 10.1. The first kappa shape index (κ1) is 17.0. The number of amides is 1. The molecular formula is C17H21NO5. The molecule has 1 amide bonds. The molecule has 0 unspecified atom stereocenters. The van der Waals surface area contributed by atoms with Crippen LogP contribution in [0.4, 0.5) is 4.79 Å². The lowest BCUT2D eigenvalue weighted by Gasteiger charge is -2.30. The molecule has 6 nitrogen and oxygen atoms in total. The van der Waals surface area contributed by atoms with Crippen molar-refractivity contribution in [1.82, 2.24) is 4.90 Å². The molecule has 124 valence electrons. The number of ketones is 1. The van der Waals surface area contributed by atoms with Crippen molar-refractivity contribution in [2.24, 2.45) is 0 Å². The van der Waals surface area contributed by atoms with Gasteiger partial charge in [0.2, 0.25) is 5.60 Å². The summed E-state index contributed by atoms with van der Waals surface area (Å²) in [6.07, 6.45) is 0.0567. The van der Waals surface area contributed by atoms with E-state index in [1.165, 1.54) is 18.7 Å². The third-order valence-corrected chi connectivity index (χ3v) is 3.63. The molecule has 0 bridgehead atoms. The van der Waals surface area contributed by atoms with Crippen molar-refractivity contribution in [1.29, 1.82) is 0 Å². The monoisotopic (exact) mass is 319 g/mol. The summed E-state index contributed by atoms with van der Waals surface area (Å²) in [7, 11) is 0. The number of hydrogen-bond acceptors (Lipinski definition) is 5. The number of nitrogens with zero attached hydrogens (tertiary/aromatic N) is 1. The summed E-state index contributed by atoms with van der Waals surface area (Å²) >= 11 is 0. The Balaban J connectivity index is 1.85. The van der Waals surface area contributed by atoms with Crippen molar-refractivity contribution >= 4 is 17.8 Å². The standard InChI is InChI=1S/C17H21NO5/c1-17(2,15(20)22-12-13-6-4-3-5-7-13)23-16(21)18-10-8-14(19)9-11-18/h3-7H,8-12H2,1-2H3. The first-order chi connectivity index (χ1) is 10.9. The van der Waals surface area contributed by atoms with Crippen LogP contribution >= 0.6 is 0 Å². The van der Waals surface area contributed by atoms with Gasteiger partial charge in [0.25, 0.3) is 0 Å². The molecule has 0 atom stereocenters. The van der Waals surface area contributed by atoms with Crippen LogP contribution in [-0.2, 0) is 25.7 Å². The Labute approximate surface area is 135 Å². The van der Waals surface area contributed by atoms with Gasteiger partial charge in [0.15, 0.2) is 0 Å². The molecule has 0 spiro atoms. The molecule has 0 aliphatic carbocycles. The quantitative estimate of drug-likeness (QED) is 0.796. The minimum Gasteiger partial charge on any atom is -0.458 e. The normalized spacial score (nSPS) is 15.2. The summed E-state index contributed by atoms with van der Waals surface area (Å²) in [4.78, 5) is 36.8. The van der Waals surface area contributed by atoms with E-state index in [1.807, 2.05) is 30.3 Å². The second-order valence-electron chi connectivity index (χ2n) is 5.97. The lowest BCUT2D eigenvalue weighted by Crippen LogP contribution is -2.46. The Hall–Kier alpha value is -2.37. The average Bonchev–Trinajstić information content (AvgIpc) is 2.53. The van der Waals surface area contributed by atoms with E-state index in [4.69, 9.17) is 9.47 Å². The van der Waals surface area contributed by atoms with E-state index in [1.54, 1.807) is 0 Å². The summed E-state index contributed by atoms with van der Waals surface area (Å²) < 4.78 is 10.5. The molecule has 0 radical (unpaired) electrons. The van der Waals surface area contributed by atoms with Gasteiger partial charge in [0.05, 0.1) is 0 Å². The number of esters is 1. The van der Waals surface area contributed by atoms with Crippen molar-refractivity contribution in [2.75, 3.05) is 13.1 Å². The fourth-order valence-corrected chi connectivity index (χ4v) is 2.16. The van der Waals surface area contributed by atoms with Crippen LogP contribution in [0.15, 0.2) is 30.3 Å². The van der Waals surface area contributed by atoms with Crippen LogP contribution in [0.5, 0.6) is 0 Å². The van der Waals surface area contributed by atoms with Gasteiger partial charge in [0, 0.05) is 25.9 Å². The molecule has 23 heavy (non-hydrogen) atoms. The van der Waals surface area contributed by atoms with E-state index in [0.717, 1.165) is 5.56 Å². The predicted octanol–water partition coefficient (Wildman–Crippen LogP) is 2.31. The summed E-state index contributed by atoms with van der Waals surface area (Å²) in [5, 5.41) is 0. The zero-order valence-electron chi connectivity index (χ0n) is 13.4. The molecule has 1 aliphatic heterocycles. The summed E-state index contributed by atoms with van der Waals surface area (Å²) in [6, 6.07) is 9.27. The average molecular weight is 319 g/mol. The van der Waals surface area contributed by atoms with Gasteiger partial charge in [0.1, 0.15) is 12.4 Å². The molecule has 1 fully saturated rings. The summed E-state index contributed by atoms with van der Waals surface area (Å²) in [5.74, 6) is -0.474. The number of likely N-dealkylation sites (tertiary alicyclic amines) is 1. The van der Waals surface area contributed by atoms with E-state index in [0.29, 0.717) is 25.9 Å². The van der Waals surface area contributed by atoms with Gasteiger partial charge < -0.3 is 14.4 Å². The fraction of sp³-hybridized carbons (Fsp3) is 0.471. The maximum atomic E-state index is 12.1. The van der Waals surface area contributed by atoms with Crippen LogP contribution in [0.3, 0.4) is 0 Å². The number of hydrogen-bond donors (Lipinski definition) is 0. The minimum atomic E-state index is -1.38. The molecular weight excluding hydrogens is 298 g/mol. The van der Waals surface area contributed by atoms with E-state index in [9.17, 15) is 14.4 Å². The molecule has 6 heteroatoms. The number of benzene rings is 1. The van der Waals surface area contributed by atoms with E-state index in [2.05, 4.69) is 0 Å². The third kappa shape index (κ3) is 4.81. The van der Waals surface area contributed by atoms with Crippen molar-refractivity contribution in [3.8, 4) is 0 Å². The highest BCUT2D eigenvalue weighted by molar-refractivity contribution is 5.84. The van der Waals surface area contributed by atoms with Crippen molar-refractivity contribution in [3.63, 3.8) is 0 Å². The number of Topliss-reactive ketones (excluding diaryl/α,β-unsaturated/α-hetero) is 1. The van der Waals surface area contributed by atoms with Crippen molar-refractivity contribution in [2.45, 2.75) is 38.9 Å². The third-order valence-electron chi connectivity index (χ3n) is 3.63. The minimum absolute atomic E-state index is 0.124. The first-order valence-electron chi connectivity index (χ1n) is 7.59. The Bertz CT molecular complexity index is 572. The Morgan fingerprint density at radius 2 is 1.74 bits per heavy atom. The maximum Gasteiger partial charge on any atom is 0.410 e. The summed E-state index contributed by atoms with van der Waals surface area (Å²) in [5.41, 5.74) is -0.523. The lowest BCUT2D eigenvalue weighted by molar-refractivity contribution is -0.164. The number of rotatable bonds is 4. The molecule has 0 N–H and O–H groups in total. The summed E-state index contributed by atoms with van der Waals surface area (Å²) in [6.45, 7) is 3.76. The van der Waals surface area contributed by atoms with Crippen LogP contribution in [0.2, 0.25) is 0 Å². The molecule has 2 rings (SSSR count). The van der Waals surface area contributed by atoms with Crippen LogP contribution in [0.1, 0.15) is 32.3 Å². The number of carbonyl (C=O) groups is 3. The van der Waals surface area contributed by atoms with Gasteiger partial charge in [-0.25, -0.2) is 9.59 Å². The van der Waals surface area contributed by atoms with E-state index >= 15 is 0 Å². The molecule has 1 aromatic rings. The van der Waals surface area contributed by atoms with Crippen molar-refractivity contribution in [3.05, 3.63) is 35.9 Å². The van der Waals surface area contributed by atoms with Gasteiger partial charge >= 0.3 is 12.1 Å².